The monoisotopic (exact) mass is 329 g/mol. The van der Waals surface area contributed by atoms with Gasteiger partial charge in [-0.3, -0.25) is 9.78 Å². The van der Waals surface area contributed by atoms with Crippen LogP contribution in [-0.4, -0.2) is 42.0 Å². The first-order valence-corrected chi connectivity index (χ1v) is 9.08. The van der Waals surface area contributed by atoms with Gasteiger partial charge in [-0.25, -0.2) is 0 Å². The fourth-order valence-corrected chi connectivity index (χ4v) is 3.78. The normalized spacial score (nSPS) is 15.5. The molecule has 1 aliphatic rings. The molecule has 0 aromatic carbocycles. The van der Waals surface area contributed by atoms with E-state index in [1.54, 1.807) is 11.3 Å². The fraction of sp³-hybridized carbons (Fsp3) is 0.444. The quantitative estimate of drug-likeness (QED) is 0.865. The highest BCUT2D eigenvalue weighted by Crippen LogP contribution is 2.20. The van der Waals surface area contributed by atoms with Crippen molar-refractivity contribution in [2.24, 2.45) is 0 Å². The molecule has 23 heavy (non-hydrogen) atoms. The SMILES string of the molecule is Cc1cnccc1N1CCCN(C(=O)CCc2cccs2)CC1. The molecular weight excluding hydrogens is 306 g/mol. The first-order chi connectivity index (χ1) is 11.2. The summed E-state index contributed by atoms with van der Waals surface area (Å²) in [6, 6.07) is 6.23. The van der Waals surface area contributed by atoms with Gasteiger partial charge in [0.25, 0.3) is 0 Å². The fourth-order valence-electron chi connectivity index (χ4n) is 3.07. The van der Waals surface area contributed by atoms with Gasteiger partial charge in [-0.15, -0.1) is 11.3 Å². The molecule has 5 heteroatoms. The smallest absolute Gasteiger partial charge is 0.222 e. The number of amides is 1. The van der Waals surface area contributed by atoms with Gasteiger partial charge in [0.15, 0.2) is 0 Å². The van der Waals surface area contributed by atoms with E-state index in [4.69, 9.17) is 0 Å². The minimum Gasteiger partial charge on any atom is -0.369 e. The van der Waals surface area contributed by atoms with E-state index in [-0.39, 0.29) is 5.91 Å². The van der Waals surface area contributed by atoms with E-state index in [0.717, 1.165) is 39.0 Å². The number of carbonyl (C=O) groups is 1. The van der Waals surface area contributed by atoms with Crippen LogP contribution in [0.1, 0.15) is 23.3 Å². The molecule has 4 nitrogen and oxygen atoms in total. The number of hydrogen-bond acceptors (Lipinski definition) is 4. The zero-order valence-electron chi connectivity index (χ0n) is 13.6. The Hall–Kier alpha value is -1.88. The maximum absolute atomic E-state index is 12.5. The Morgan fingerprint density at radius 3 is 2.96 bits per heavy atom. The van der Waals surface area contributed by atoms with Gasteiger partial charge in [0.05, 0.1) is 0 Å². The van der Waals surface area contributed by atoms with Crippen LogP contribution < -0.4 is 4.90 Å². The average molecular weight is 329 g/mol. The van der Waals surface area contributed by atoms with Gasteiger partial charge < -0.3 is 9.80 Å². The van der Waals surface area contributed by atoms with Crippen molar-refractivity contribution in [3.63, 3.8) is 0 Å². The van der Waals surface area contributed by atoms with Gasteiger partial charge in [-0.2, -0.15) is 0 Å². The van der Waals surface area contributed by atoms with Crippen LogP contribution in [0, 0.1) is 6.92 Å². The van der Waals surface area contributed by atoms with Crippen molar-refractivity contribution in [2.75, 3.05) is 31.1 Å². The number of nitrogens with zero attached hydrogens (tertiary/aromatic N) is 3. The van der Waals surface area contributed by atoms with Gasteiger partial charge in [-0.05, 0) is 42.8 Å². The molecule has 0 N–H and O–H groups in total. The summed E-state index contributed by atoms with van der Waals surface area (Å²) in [5, 5.41) is 2.07. The molecule has 0 saturated carbocycles. The molecule has 1 aliphatic heterocycles. The molecular formula is C18H23N3OS. The molecule has 0 atom stereocenters. The standard InChI is InChI=1S/C18H23N3OS/c1-15-14-19-8-7-17(15)20-9-3-10-21(12-11-20)18(22)6-5-16-4-2-13-23-16/h2,4,7-8,13-14H,3,5-6,9-12H2,1H3. The largest absolute Gasteiger partial charge is 0.369 e. The Labute approximate surface area is 141 Å². The van der Waals surface area contributed by atoms with Crippen molar-refractivity contribution >= 4 is 22.9 Å². The predicted molar refractivity (Wildman–Crippen MR) is 95.0 cm³/mol. The maximum Gasteiger partial charge on any atom is 0.222 e. The van der Waals surface area contributed by atoms with Crippen LogP contribution in [0.4, 0.5) is 5.69 Å². The molecule has 122 valence electrons. The Morgan fingerprint density at radius 1 is 1.26 bits per heavy atom. The number of rotatable bonds is 4. The summed E-state index contributed by atoms with van der Waals surface area (Å²) in [5.74, 6) is 0.284. The maximum atomic E-state index is 12.5. The molecule has 1 fully saturated rings. The molecule has 3 rings (SSSR count). The van der Waals surface area contributed by atoms with Crippen LogP contribution in [0.3, 0.4) is 0 Å². The lowest BCUT2D eigenvalue weighted by Crippen LogP contribution is -2.35. The molecule has 0 unspecified atom stereocenters. The molecule has 1 amide bonds. The van der Waals surface area contributed by atoms with E-state index in [1.165, 1.54) is 16.1 Å². The minimum atomic E-state index is 0.284. The van der Waals surface area contributed by atoms with Crippen LogP contribution >= 0.6 is 11.3 Å². The molecule has 1 saturated heterocycles. The lowest BCUT2D eigenvalue weighted by Gasteiger charge is -2.25. The summed E-state index contributed by atoms with van der Waals surface area (Å²) < 4.78 is 0. The Kier molecular flexibility index (Phi) is 5.28. The minimum absolute atomic E-state index is 0.284. The summed E-state index contributed by atoms with van der Waals surface area (Å²) >= 11 is 1.73. The molecule has 0 spiro atoms. The van der Waals surface area contributed by atoms with E-state index >= 15 is 0 Å². The lowest BCUT2D eigenvalue weighted by atomic mass is 10.2. The molecule has 2 aromatic rings. The van der Waals surface area contributed by atoms with Crippen LogP contribution in [-0.2, 0) is 11.2 Å². The topological polar surface area (TPSA) is 36.4 Å². The van der Waals surface area contributed by atoms with Crippen molar-refractivity contribution in [2.45, 2.75) is 26.2 Å². The van der Waals surface area contributed by atoms with Gasteiger partial charge >= 0.3 is 0 Å². The van der Waals surface area contributed by atoms with Crippen molar-refractivity contribution in [1.82, 2.24) is 9.88 Å². The van der Waals surface area contributed by atoms with Crippen molar-refractivity contribution in [3.05, 3.63) is 46.4 Å². The molecule has 3 heterocycles. The number of hydrogen-bond donors (Lipinski definition) is 0. The predicted octanol–water partition coefficient (Wildman–Crippen LogP) is 3.12. The van der Waals surface area contributed by atoms with Crippen molar-refractivity contribution in [1.29, 1.82) is 0 Å². The van der Waals surface area contributed by atoms with Crippen molar-refractivity contribution in [3.8, 4) is 0 Å². The third-order valence-electron chi connectivity index (χ3n) is 4.35. The zero-order valence-corrected chi connectivity index (χ0v) is 14.4. The third-order valence-corrected chi connectivity index (χ3v) is 5.28. The third kappa shape index (κ3) is 4.10. The molecule has 2 aromatic heterocycles. The first-order valence-electron chi connectivity index (χ1n) is 8.20. The summed E-state index contributed by atoms with van der Waals surface area (Å²) in [5.41, 5.74) is 2.44. The van der Waals surface area contributed by atoms with Gasteiger partial charge in [-0.1, -0.05) is 6.07 Å². The Bertz CT molecular complexity index is 641. The van der Waals surface area contributed by atoms with E-state index < -0.39 is 0 Å². The molecule has 0 radical (unpaired) electrons. The summed E-state index contributed by atoms with van der Waals surface area (Å²) in [6.07, 6.45) is 6.25. The average Bonchev–Trinajstić information content (AvgIpc) is 2.96. The number of pyridine rings is 1. The zero-order chi connectivity index (χ0) is 16.1. The number of anilines is 1. The molecule has 0 aliphatic carbocycles. The van der Waals surface area contributed by atoms with Crippen LogP contribution in [0.25, 0.3) is 0 Å². The van der Waals surface area contributed by atoms with E-state index in [0.29, 0.717) is 6.42 Å². The highest BCUT2D eigenvalue weighted by Gasteiger charge is 2.19. The number of aromatic nitrogens is 1. The Balaban J connectivity index is 1.55. The van der Waals surface area contributed by atoms with Gasteiger partial charge in [0, 0.05) is 55.6 Å². The van der Waals surface area contributed by atoms with Gasteiger partial charge in [0.2, 0.25) is 5.91 Å². The summed E-state index contributed by atoms with van der Waals surface area (Å²) in [7, 11) is 0. The van der Waals surface area contributed by atoms with Gasteiger partial charge in [0.1, 0.15) is 0 Å². The van der Waals surface area contributed by atoms with Crippen molar-refractivity contribution < 1.29 is 4.79 Å². The van der Waals surface area contributed by atoms with Crippen LogP contribution in [0.5, 0.6) is 0 Å². The van der Waals surface area contributed by atoms with E-state index in [2.05, 4.69) is 34.3 Å². The number of carbonyl (C=O) groups excluding carboxylic acids is 1. The number of thiophene rings is 1. The van der Waals surface area contributed by atoms with Crippen LogP contribution in [0.2, 0.25) is 0 Å². The van der Waals surface area contributed by atoms with Crippen LogP contribution in [0.15, 0.2) is 36.0 Å². The second-order valence-electron chi connectivity index (χ2n) is 5.96. The first kappa shape index (κ1) is 16.0. The highest BCUT2D eigenvalue weighted by atomic mass is 32.1. The molecule has 0 bridgehead atoms. The van der Waals surface area contributed by atoms with E-state index in [1.807, 2.05) is 23.4 Å². The lowest BCUT2D eigenvalue weighted by molar-refractivity contribution is -0.130. The number of aryl methyl sites for hydroxylation is 2. The summed E-state index contributed by atoms with van der Waals surface area (Å²) in [6.45, 7) is 5.67. The second-order valence-corrected chi connectivity index (χ2v) is 7.00. The highest BCUT2D eigenvalue weighted by molar-refractivity contribution is 7.09. The summed E-state index contributed by atoms with van der Waals surface area (Å²) in [4.78, 5) is 22.3. The Morgan fingerprint density at radius 2 is 2.17 bits per heavy atom. The second kappa shape index (κ2) is 7.59. The van der Waals surface area contributed by atoms with E-state index in [9.17, 15) is 4.79 Å².